The Kier molecular flexibility index (Phi) is 6.63. The largest absolute Gasteiger partial charge is 0.484 e. The minimum atomic E-state index is -4.47. The van der Waals surface area contributed by atoms with Crippen LogP contribution in [0.4, 0.5) is 24.5 Å². The Morgan fingerprint density at radius 2 is 1.80 bits per heavy atom. The van der Waals surface area contributed by atoms with Gasteiger partial charge < -0.3 is 15.4 Å². The van der Waals surface area contributed by atoms with Gasteiger partial charge in [0, 0.05) is 17.3 Å². The van der Waals surface area contributed by atoms with Crippen molar-refractivity contribution in [3.05, 3.63) is 75.4 Å². The molecule has 2 amide bonds. The van der Waals surface area contributed by atoms with Crippen LogP contribution in [-0.2, 0) is 0 Å². The molecule has 0 unspecified atom stereocenters. The Balaban J connectivity index is 1.70. The number of rotatable bonds is 6. The van der Waals surface area contributed by atoms with Crippen molar-refractivity contribution in [1.29, 1.82) is 0 Å². The lowest BCUT2D eigenvalue weighted by molar-refractivity contribution is -0.153. The first-order chi connectivity index (χ1) is 14.2. The van der Waals surface area contributed by atoms with E-state index in [1.54, 1.807) is 17.5 Å². The Morgan fingerprint density at radius 3 is 2.50 bits per heavy atom. The number of carbonyl (C=O) groups excluding carboxylic acids is 2. The third kappa shape index (κ3) is 5.98. The third-order valence-electron chi connectivity index (χ3n) is 3.72. The van der Waals surface area contributed by atoms with Crippen molar-refractivity contribution < 1.29 is 27.5 Å². The predicted octanol–water partition coefficient (Wildman–Crippen LogP) is 5.85. The van der Waals surface area contributed by atoms with Crippen molar-refractivity contribution in [2.45, 2.75) is 6.18 Å². The number of benzene rings is 2. The highest BCUT2D eigenvalue weighted by molar-refractivity contribution is 7.12. The van der Waals surface area contributed by atoms with Gasteiger partial charge in [0.05, 0.1) is 15.6 Å². The van der Waals surface area contributed by atoms with Crippen molar-refractivity contribution in [3.8, 4) is 5.75 Å². The summed E-state index contributed by atoms with van der Waals surface area (Å²) in [7, 11) is 0. The van der Waals surface area contributed by atoms with Crippen molar-refractivity contribution in [3.63, 3.8) is 0 Å². The molecule has 0 fully saturated rings. The van der Waals surface area contributed by atoms with Crippen LogP contribution < -0.4 is 15.4 Å². The van der Waals surface area contributed by atoms with Crippen LogP contribution in [-0.4, -0.2) is 24.6 Å². The van der Waals surface area contributed by atoms with Gasteiger partial charge in [-0.1, -0.05) is 23.7 Å². The molecule has 0 aliphatic rings. The van der Waals surface area contributed by atoms with E-state index in [0.29, 0.717) is 4.88 Å². The van der Waals surface area contributed by atoms with E-state index in [4.69, 9.17) is 11.6 Å². The molecule has 3 rings (SSSR count). The highest BCUT2D eigenvalue weighted by atomic mass is 35.5. The minimum absolute atomic E-state index is 0.0369. The lowest BCUT2D eigenvalue weighted by atomic mass is 10.1. The zero-order valence-electron chi connectivity index (χ0n) is 15.1. The molecule has 30 heavy (non-hydrogen) atoms. The van der Waals surface area contributed by atoms with Gasteiger partial charge in [-0.05, 0) is 41.8 Å². The highest BCUT2D eigenvalue weighted by Gasteiger charge is 2.28. The van der Waals surface area contributed by atoms with Gasteiger partial charge >= 0.3 is 6.18 Å². The second-order valence-electron chi connectivity index (χ2n) is 6.01. The molecule has 0 aliphatic carbocycles. The molecule has 0 atom stereocenters. The minimum Gasteiger partial charge on any atom is -0.484 e. The number of alkyl halides is 3. The van der Waals surface area contributed by atoms with E-state index >= 15 is 0 Å². The maximum atomic E-state index is 12.5. The third-order valence-corrected chi connectivity index (χ3v) is 4.91. The van der Waals surface area contributed by atoms with Gasteiger partial charge in [0.15, 0.2) is 6.61 Å². The fourth-order valence-corrected chi connectivity index (χ4v) is 3.17. The lowest BCUT2D eigenvalue weighted by Gasteiger charge is -2.12. The summed E-state index contributed by atoms with van der Waals surface area (Å²) in [5, 5.41) is 7.22. The Morgan fingerprint density at radius 1 is 1.00 bits per heavy atom. The zero-order valence-corrected chi connectivity index (χ0v) is 16.7. The first-order valence-corrected chi connectivity index (χ1v) is 9.72. The molecule has 0 radical (unpaired) electrons. The van der Waals surface area contributed by atoms with Crippen LogP contribution >= 0.6 is 22.9 Å². The Hall–Kier alpha value is -3.04. The number of halogens is 4. The smallest absolute Gasteiger partial charge is 0.422 e. The summed E-state index contributed by atoms with van der Waals surface area (Å²) >= 11 is 7.37. The lowest BCUT2D eigenvalue weighted by Crippen LogP contribution is -2.19. The normalized spacial score (nSPS) is 11.1. The number of nitrogens with one attached hydrogen (secondary N) is 2. The highest BCUT2D eigenvalue weighted by Crippen LogP contribution is 2.26. The number of anilines is 2. The number of hydrogen-bond donors (Lipinski definition) is 2. The SMILES string of the molecule is O=C(Nc1cccc(OCC(F)(F)F)c1)c1ccc(Cl)c(NC(=O)c2cccs2)c1. The van der Waals surface area contributed by atoms with Crippen molar-refractivity contribution in [2.75, 3.05) is 17.2 Å². The van der Waals surface area contributed by atoms with E-state index in [9.17, 15) is 22.8 Å². The van der Waals surface area contributed by atoms with Crippen LogP contribution in [0.25, 0.3) is 0 Å². The topological polar surface area (TPSA) is 67.4 Å². The molecule has 3 aromatic rings. The molecule has 1 aromatic heterocycles. The predicted molar refractivity (Wildman–Crippen MR) is 110 cm³/mol. The monoisotopic (exact) mass is 454 g/mol. The maximum Gasteiger partial charge on any atom is 0.422 e. The van der Waals surface area contributed by atoms with E-state index in [1.165, 1.54) is 53.8 Å². The van der Waals surface area contributed by atoms with E-state index in [1.807, 2.05) is 0 Å². The molecular weight excluding hydrogens is 441 g/mol. The average Bonchev–Trinajstić information content (AvgIpc) is 3.23. The zero-order chi connectivity index (χ0) is 21.7. The van der Waals surface area contributed by atoms with Crippen LogP contribution in [0.15, 0.2) is 60.0 Å². The van der Waals surface area contributed by atoms with Crippen LogP contribution in [0, 0.1) is 0 Å². The van der Waals surface area contributed by atoms with Crippen molar-refractivity contribution >= 4 is 46.1 Å². The van der Waals surface area contributed by atoms with E-state index < -0.39 is 18.7 Å². The van der Waals surface area contributed by atoms with E-state index in [2.05, 4.69) is 15.4 Å². The number of carbonyl (C=O) groups is 2. The summed E-state index contributed by atoms with van der Waals surface area (Å²) in [4.78, 5) is 25.2. The molecule has 0 aliphatic heterocycles. The van der Waals surface area contributed by atoms with Gasteiger partial charge in [-0.3, -0.25) is 9.59 Å². The summed E-state index contributed by atoms with van der Waals surface area (Å²) < 4.78 is 41.5. The molecule has 10 heteroatoms. The van der Waals surface area contributed by atoms with Crippen molar-refractivity contribution in [2.24, 2.45) is 0 Å². The van der Waals surface area contributed by atoms with Crippen molar-refractivity contribution in [1.82, 2.24) is 0 Å². The average molecular weight is 455 g/mol. The Labute approximate surface area is 178 Å². The first kappa shape index (κ1) is 21.7. The quantitative estimate of drug-likeness (QED) is 0.491. The molecule has 0 spiro atoms. The van der Waals surface area contributed by atoms with Gasteiger partial charge in [0.1, 0.15) is 5.75 Å². The molecule has 5 nitrogen and oxygen atoms in total. The second kappa shape index (κ2) is 9.19. The molecule has 0 saturated carbocycles. The summed E-state index contributed by atoms with van der Waals surface area (Å²) in [6.07, 6.45) is -4.47. The molecule has 1 heterocycles. The Bertz CT molecular complexity index is 1060. The molecule has 2 aromatic carbocycles. The number of ether oxygens (including phenoxy) is 1. The molecule has 156 valence electrons. The fraction of sp³-hybridized carbons (Fsp3) is 0.100. The van der Waals surface area contributed by atoms with Crippen LogP contribution in [0.3, 0.4) is 0 Å². The van der Waals surface area contributed by atoms with Gasteiger partial charge in [-0.15, -0.1) is 11.3 Å². The van der Waals surface area contributed by atoms with Gasteiger partial charge in [0.2, 0.25) is 0 Å². The van der Waals surface area contributed by atoms with Gasteiger partial charge in [-0.2, -0.15) is 13.2 Å². The molecular formula is C20H14ClF3N2O3S. The second-order valence-corrected chi connectivity index (χ2v) is 7.37. The molecule has 0 saturated heterocycles. The van der Waals surface area contributed by atoms with E-state index in [-0.39, 0.29) is 33.6 Å². The maximum absolute atomic E-state index is 12.5. The number of amides is 2. The summed E-state index contributed by atoms with van der Waals surface area (Å²) in [5.74, 6) is -0.935. The first-order valence-electron chi connectivity index (χ1n) is 8.47. The summed E-state index contributed by atoms with van der Waals surface area (Å²) in [6, 6.07) is 13.3. The van der Waals surface area contributed by atoms with Crippen LogP contribution in [0.1, 0.15) is 20.0 Å². The standard InChI is InChI=1S/C20H14ClF3N2O3S/c21-15-7-6-12(9-16(15)26-19(28)17-5-2-8-30-17)18(27)25-13-3-1-4-14(10-13)29-11-20(22,23)24/h1-10H,11H2,(H,25,27)(H,26,28). The molecule has 0 bridgehead atoms. The van der Waals surface area contributed by atoms with Crippen LogP contribution in [0.2, 0.25) is 5.02 Å². The number of hydrogen-bond acceptors (Lipinski definition) is 4. The molecule has 2 N–H and O–H groups in total. The van der Waals surface area contributed by atoms with Crippen LogP contribution in [0.5, 0.6) is 5.75 Å². The van der Waals surface area contributed by atoms with Gasteiger partial charge in [-0.25, -0.2) is 0 Å². The number of thiophene rings is 1. The fourth-order valence-electron chi connectivity index (χ4n) is 2.39. The van der Waals surface area contributed by atoms with E-state index in [0.717, 1.165) is 0 Å². The summed E-state index contributed by atoms with van der Waals surface area (Å²) in [6.45, 7) is -1.44. The summed E-state index contributed by atoms with van der Waals surface area (Å²) in [5.41, 5.74) is 0.700. The van der Waals surface area contributed by atoms with Gasteiger partial charge in [0.25, 0.3) is 11.8 Å².